The average Bonchev–Trinajstić information content (AvgIpc) is 4.23. The number of thioether (sulfide) groups is 1. The van der Waals surface area contributed by atoms with Crippen LogP contribution < -0.4 is 21.7 Å². The van der Waals surface area contributed by atoms with E-state index in [9.17, 15) is 29.5 Å². The number of hydrogen-bond donors (Lipinski definition) is 6. The van der Waals surface area contributed by atoms with E-state index >= 15 is 0 Å². The molecule has 8 aromatic rings. The number of nitrogens with one attached hydrogen (secondary N) is 3. The van der Waals surface area contributed by atoms with Gasteiger partial charge in [-0.15, -0.1) is 11.3 Å². The molecule has 370 valence electrons. The molecule has 72 heavy (non-hydrogen) atoms. The van der Waals surface area contributed by atoms with Crippen molar-refractivity contribution in [3.8, 4) is 12.1 Å². The number of halogens is 4. The number of nitrogen functional groups attached to an aromatic ring is 1. The Labute approximate surface area is 437 Å². The van der Waals surface area contributed by atoms with E-state index in [1.807, 2.05) is 30.5 Å². The number of nitrogens with zero attached hydrogens (tertiary/aromatic N) is 8. The molecule has 0 amide bonds. The van der Waals surface area contributed by atoms with E-state index in [1.54, 1.807) is 12.1 Å². The van der Waals surface area contributed by atoms with E-state index in [0.29, 0.717) is 61.0 Å². The smallest absolute Gasteiger partial charge is 0.189 e. The summed E-state index contributed by atoms with van der Waals surface area (Å²) in [6, 6.07) is 29.6. The Bertz CT molecular complexity index is 3240. The van der Waals surface area contributed by atoms with Gasteiger partial charge in [-0.05, 0) is 117 Å². The van der Waals surface area contributed by atoms with E-state index in [0.717, 1.165) is 65.9 Å². The van der Waals surface area contributed by atoms with Gasteiger partial charge in [0.05, 0.1) is 50.5 Å². The number of benzene rings is 4. The fourth-order valence-corrected chi connectivity index (χ4v) is 11.1. The molecule has 0 spiro atoms. The maximum Gasteiger partial charge on any atom is 0.189 e. The van der Waals surface area contributed by atoms with Crippen LogP contribution in [-0.2, 0) is 13.1 Å². The molecule has 2 aliphatic heterocycles. The highest BCUT2D eigenvalue weighted by Crippen LogP contribution is 2.38. The highest BCUT2D eigenvalue weighted by molar-refractivity contribution is 8.00. The number of pyridine rings is 2. The van der Waals surface area contributed by atoms with Crippen LogP contribution in [0.2, 0.25) is 10.0 Å². The number of nitrogens with two attached hydrogens (primary N) is 1. The molecule has 0 bridgehead atoms. The monoisotopic (exact) mass is 1060 g/mol. The molecule has 4 aromatic carbocycles. The molecular formula is C51H48Cl2F2N12O2S3. The maximum absolute atomic E-state index is 13.6. The van der Waals surface area contributed by atoms with Gasteiger partial charge in [-0.25, -0.2) is 23.7 Å². The molecule has 14 nitrogen and oxygen atoms in total. The van der Waals surface area contributed by atoms with E-state index in [1.165, 1.54) is 88.6 Å². The highest BCUT2D eigenvalue weighted by Gasteiger charge is 2.25. The fraction of sp³-hybridized carbons (Fsp3) is 0.255. The molecule has 0 radical (unpaired) electrons. The minimum absolute atomic E-state index is 0.00877. The SMILES string of the molecule is CSc1nc2ncc(C#N)c(Nc3ccc(F)c(Cl)c3)c2s1.N#Cc1cnc2nc(Nc3ccc(CN4CCC[C@H]4CO)cc3)sc2c1Nc1ccc(F)c(Cl)c1.Nc1ccc(CN2CCC[C@H]2CO)cc1. The molecule has 0 saturated carbocycles. The van der Waals surface area contributed by atoms with E-state index < -0.39 is 11.6 Å². The van der Waals surface area contributed by atoms with Crippen LogP contribution in [0.3, 0.4) is 0 Å². The third kappa shape index (κ3) is 12.9. The summed E-state index contributed by atoms with van der Waals surface area (Å²) < 4.78 is 29.1. The molecule has 2 aliphatic rings. The van der Waals surface area contributed by atoms with Crippen LogP contribution in [0.25, 0.3) is 20.7 Å². The van der Waals surface area contributed by atoms with Gasteiger partial charge >= 0.3 is 0 Å². The molecule has 2 fully saturated rings. The quantitative estimate of drug-likeness (QED) is 0.0469. The minimum Gasteiger partial charge on any atom is -0.399 e. The summed E-state index contributed by atoms with van der Waals surface area (Å²) in [4.78, 5) is 22.1. The Kier molecular flexibility index (Phi) is 17.7. The maximum atomic E-state index is 13.6. The number of hydrogen-bond acceptors (Lipinski definition) is 17. The predicted octanol–water partition coefficient (Wildman–Crippen LogP) is 11.8. The molecular weight excluding hydrogens is 1020 g/mol. The standard InChI is InChI=1S/C25H22ClFN6OS.C14H8ClFN4S2.C12H18N2O/c26-20-10-18(7-8-21(20)27)30-22-16(11-28)12-29-24-23(22)35-25(32-24)31-17-5-3-15(4-6-17)13-33-9-1-2-19(33)14-34;1-21-14-20-13-12(22-14)11(7(5-17)6-18-13)19-8-2-3-10(16)9(15)4-8;13-11-5-3-10(4-6-11)8-14-7-1-2-12(14)9-15/h3-8,10,12,19,34H,1-2,9,13-14H2,(H2,29,30,31,32);2-4,6H,1H3,(H,18,19);3-6,12,15H,1-2,7-9,13H2/t19-;;12-/m0.0/s1. The molecule has 7 N–H and O–H groups in total. The van der Waals surface area contributed by atoms with Crippen molar-refractivity contribution >= 4 is 118 Å². The summed E-state index contributed by atoms with van der Waals surface area (Å²) in [5.41, 5.74) is 13.9. The number of rotatable bonds is 13. The number of likely N-dealkylation sites (tertiary alicyclic amines) is 2. The molecule has 6 heterocycles. The number of anilines is 7. The molecule has 4 aromatic heterocycles. The number of aliphatic hydroxyl groups is 2. The lowest BCUT2D eigenvalue weighted by Gasteiger charge is -2.22. The topological polar surface area (TPSA) is 208 Å². The zero-order valence-corrected chi connectivity index (χ0v) is 42.7. The first-order valence-electron chi connectivity index (χ1n) is 22.7. The van der Waals surface area contributed by atoms with Gasteiger partial charge < -0.3 is 31.9 Å². The Balaban J connectivity index is 0.000000159. The lowest BCUT2D eigenvalue weighted by Crippen LogP contribution is -2.31. The van der Waals surface area contributed by atoms with Gasteiger partial charge in [0.2, 0.25) is 0 Å². The van der Waals surface area contributed by atoms with Crippen molar-refractivity contribution in [1.29, 1.82) is 10.5 Å². The van der Waals surface area contributed by atoms with Crippen molar-refractivity contribution < 1.29 is 19.0 Å². The summed E-state index contributed by atoms with van der Waals surface area (Å²) in [5, 5.41) is 47.8. The molecule has 0 aliphatic carbocycles. The number of aliphatic hydroxyl groups excluding tert-OH is 2. The van der Waals surface area contributed by atoms with Gasteiger partial charge in [-0.2, -0.15) is 15.5 Å². The molecule has 0 unspecified atom stereocenters. The first-order chi connectivity index (χ1) is 34.9. The van der Waals surface area contributed by atoms with Gasteiger partial charge in [-0.3, -0.25) is 9.80 Å². The minimum atomic E-state index is -0.512. The lowest BCUT2D eigenvalue weighted by molar-refractivity contribution is 0.153. The molecule has 2 saturated heterocycles. The van der Waals surface area contributed by atoms with Gasteiger partial charge in [-0.1, -0.05) is 70.6 Å². The second kappa shape index (κ2) is 24.5. The Morgan fingerprint density at radius 3 is 1.64 bits per heavy atom. The average molecular weight is 1070 g/mol. The van der Waals surface area contributed by atoms with E-state index in [2.05, 4.69) is 82.1 Å². The van der Waals surface area contributed by atoms with Gasteiger partial charge in [0.15, 0.2) is 20.8 Å². The normalized spacial score (nSPS) is 15.6. The first kappa shape index (κ1) is 52.1. The van der Waals surface area contributed by atoms with Crippen LogP contribution in [-0.4, -0.2) is 84.6 Å². The van der Waals surface area contributed by atoms with Crippen molar-refractivity contribution in [2.75, 3.05) is 54.2 Å². The van der Waals surface area contributed by atoms with Crippen molar-refractivity contribution in [3.05, 3.63) is 141 Å². The molecule has 2 atom stereocenters. The van der Waals surface area contributed by atoms with E-state index in [-0.39, 0.29) is 29.3 Å². The second-order valence-corrected chi connectivity index (χ2v) is 20.7. The largest absolute Gasteiger partial charge is 0.399 e. The first-order valence-corrected chi connectivity index (χ1v) is 26.3. The molecule has 10 rings (SSSR count). The van der Waals surface area contributed by atoms with Crippen molar-refractivity contribution in [2.45, 2.75) is 55.2 Å². The zero-order valence-electron chi connectivity index (χ0n) is 38.7. The van der Waals surface area contributed by atoms with E-state index in [4.69, 9.17) is 28.9 Å². The Hall–Kier alpha value is -6.23. The highest BCUT2D eigenvalue weighted by atomic mass is 35.5. The molecule has 21 heteroatoms. The number of fused-ring (bicyclic) bond motifs is 2. The zero-order chi connectivity index (χ0) is 50.7. The van der Waals surface area contributed by atoms with Crippen LogP contribution >= 0.6 is 57.6 Å². The van der Waals surface area contributed by atoms with Gasteiger partial charge in [0.1, 0.15) is 28.5 Å². The fourth-order valence-electron chi connectivity index (χ4n) is 8.25. The van der Waals surface area contributed by atoms with Crippen LogP contribution in [0.4, 0.5) is 48.0 Å². The summed E-state index contributed by atoms with van der Waals surface area (Å²) in [7, 11) is 0. The van der Waals surface area contributed by atoms with Crippen molar-refractivity contribution in [1.82, 2.24) is 29.7 Å². The summed E-state index contributed by atoms with van der Waals surface area (Å²) >= 11 is 16.0. The van der Waals surface area contributed by atoms with Crippen LogP contribution in [0.1, 0.15) is 47.9 Å². The van der Waals surface area contributed by atoms with Crippen LogP contribution in [0.5, 0.6) is 0 Å². The second-order valence-electron chi connectivity index (χ2n) is 16.8. The van der Waals surface area contributed by atoms with Crippen LogP contribution in [0.15, 0.2) is 102 Å². The predicted molar refractivity (Wildman–Crippen MR) is 287 cm³/mol. The summed E-state index contributed by atoms with van der Waals surface area (Å²) in [6.07, 6.45) is 9.34. The lowest BCUT2D eigenvalue weighted by atomic mass is 10.1. The summed E-state index contributed by atoms with van der Waals surface area (Å²) in [6.45, 7) is 4.31. The third-order valence-corrected chi connectivity index (χ3v) is 15.6. The van der Waals surface area contributed by atoms with Crippen molar-refractivity contribution in [2.24, 2.45) is 0 Å². The summed E-state index contributed by atoms with van der Waals surface area (Å²) in [5.74, 6) is -1.00. The number of nitriles is 2. The third-order valence-electron chi connectivity index (χ3n) is 12.0. The Morgan fingerprint density at radius 1 is 0.694 bits per heavy atom. The number of thiazole rings is 2. The van der Waals surface area contributed by atoms with Crippen LogP contribution in [0, 0.1) is 34.3 Å². The number of aromatic nitrogens is 4. The van der Waals surface area contributed by atoms with Crippen molar-refractivity contribution in [3.63, 3.8) is 0 Å². The van der Waals surface area contributed by atoms with Gasteiger partial charge in [0.25, 0.3) is 0 Å². The Morgan fingerprint density at radius 2 is 1.17 bits per heavy atom. The van der Waals surface area contributed by atoms with Gasteiger partial charge in [0, 0.05) is 60.3 Å².